The Morgan fingerprint density at radius 3 is 2.53 bits per heavy atom. The maximum Gasteiger partial charge on any atom is 0.196 e. The van der Waals surface area contributed by atoms with Crippen LogP contribution < -0.4 is 0 Å². The minimum absolute atomic E-state index is 0.177. The Kier molecular flexibility index (Phi) is 8.10. The van der Waals surface area contributed by atoms with E-state index in [1.807, 2.05) is 13.8 Å². The molecule has 90 valence electrons. The fourth-order valence-electron chi connectivity index (χ4n) is 0.944. The number of carbonyl (C=O) groups excluding carboxylic acids is 1. The molecule has 0 rings (SSSR count). The quantitative estimate of drug-likeness (QED) is 0.604. The maximum atomic E-state index is 11.8. The molecule has 0 aliphatic heterocycles. The van der Waals surface area contributed by atoms with Crippen LogP contribution in [0.1, 0.15) is 27.2 Å². The summed E-state index contributed by atoms with van der Waals surface area (Å²) in [7, 11) is 1.64. The molecule has 0 fully saturated rings. The Balaban J connectivity index is 3.80. The lowest BCUT2D eigenvalue weighted by atomic mass is 9.97. The lowest BCUT2D eigenvalue weighted by molar-refractivity contribution is -0.121. The van der Waals surface area contributed by atoms with Crippen LogP contribution in [-0.2, 0) is 14.3 Å². The topological polar surface area (TPSA) is 35.5 Å². The van der Waals surface area contributed by atoms with Crippen molar-refractivity contribution < 1.29 is 14.3 Å². The van der Waals surface area contributed by atoms with Crippen molar-refractivity contribution in [2.24, 2.45) is 5.41 Å². The third-order valence-corrected chi connectivity index (χ3v) is 3.07. The highest BCUT2D eigenvalue weighted by molar-refractivity contribution is 8.13. The van der Waals surface area contributed by atoms with Gasteiger partial charge in [0.15, 0.2) is 5.12 Å². The van der Waals surface area contributed by atoms with E-state index in [2.05, 4.69) is 6.92 Å². The van der Waals surface area contributed by atoms with Crippen molar-refractivity contribution in [3.8, 4) is 0 Å². The highest BCUT2D eigenvalue weighted by Gasteiger charge is 2.27. The molecule has 0 aliphatic carbocycles. The van der Waals surface area contributed by atoms with E-state index < -0.39 is 5.41 Å². The number of hydrogen-bond donors (Lipinski definition) is 0. The summed E-state index contributed by atoms with van der Waals surface area (Å²) in [5.41, 5.74) is -0.395. The molecule has 0 saturated heterocycles. The fourth-order valence-corrected chi connectivity index (χ4v) is 1.83. The molecule has 0 atom stereocenters. The first-order chi connectivity index (χ1) is 7.04. The molecule has 0 bridgehead atoms. The Bertz CT molecular complexity index is 181. The van der Waals surface area contributed by atoms with Crippen LogP contribution in [0.5, 0.6) is 0 Å². The van der Waals surface area contributed by atoms with Gasteiger partial charge in [-0.3, -0.25) is 4.79 Å². The van der Waals surface area contributed by atoms with Gasteiger partial charge in [0.1, 0.15) is 0 Å². The van der Waals surface area contributed by atoms with Gasteiger partial charge >= 0.3 is 0 Å². The Labute approximate surface area is 96.9 Å². The van der Waals surface area contributed by atoms with Crippen LogP contribution in [0.15, 0.2) is 0 Å². The SMILES string of the molecule is CCCOCC(C)(C)C(=O)SCCOC. The summed E-state index contributed by atoms with van der Waals surface area (Å²) in [6.45, 7) is 7.74. The zero-order valence-electron chi connectivity index (χ0n) is 10.2. The second-order valence-electron chi connectivity index (χ2n) is 4.07. The zero-order chi connectivity index (χ0) is 11.7. The number of ether oxygens (including phenoxy) is 2. The van der Waals surface area contributed by atoms with E-state index in [0.29, 0.717) is 19.0 Å². The van der Waals surface area contributed by atoms with Crippen molar-refractivity contribution in [3.05, 3.63) is 0 Å². The van der Waals surface area contributed by atoms with Crippen LogP contribution >= 0.6 is 11.8 Å². The smallest absolute Gasteiger partial charge is 0.196 e. The molecule has 0 aliphatic rings. The van der Waals surface area contributed by atoms with Crippen molar-refractivity contribution in [3.63, 3.8) is 0 Å². The first kappa shape index (κ1) is 14.9. The van der Waals surface area contributed by atoms with Crippen LogP contribution in [0, 0.1) is 5.41 Å². The maximum absolute atomic E-state index is 11.8. The molecular weight excluding hydrogens is 212 g/mol. The molecule has 0 radical (unpaired) electrons. The molecule has 0 spiro atoms. The predicted octanol–water partition coefficient (Wildman–Crippen LogP) is 2.35. The largest absolute Gasteiger partial charge is 0.384 e. The summed E-state index contributed by atoms with van der Waals surface area (Å²) in [6.07, 6.45) is 0.987. The highest BCUT2D eigenvalue weighted by Crippen LogP contribution is 2.24. The number of rotatable bonds is 8. The number of hydrogen-bond acceptors (Lipinski definition) is 4. The Hall–Kier alpha value is -0.0600. The molecule has 0 aromatic rings. The van der Waals surface area contributed by atoms with Gasteiger partial charge in [0.25, 0.3) is 0 Å². The molecule has 0 heterocycles. The summed E-state index contributed by atoms with van der Waals surface area (Å²) in [5.74, 6) is 0.715. The van der Waals surface area contributed by atoms with Gasteiger partial charge in [0.2, 0.25) is 0 Å². The summed E-state index contributed by atoms with van der Waals surface area (Å²) in [6, 6.07) is 0. The molecule has 15 heavy (non-hydrogen) atoms. The van der Waals surface area contributed by atoms with Gasteiger partial charge in [-0.15, -0.1) is 0 Å². The number of thioether (sulfide) groups is 1. The molecule has 0 unspecified atom stereocenters. The molecule has 3 nitrogen and oxygen atoms in total. The van der Waals surface area contributed by atoms with E-state index in [0.717, 1.165) is 13.0 Å². The minimum atomic E-state index is -0.395. The summed E-state index contributed by atoms with van der Waals surface area (Å²) < 4.78 is 10.3. The van der Waals surface area contributed by atoms with Crippen LogP contribution in [0.4, 0.5) is 0 Å². The highest BCUT2D eigenvalue weighted by atomic mass is 32.2. The van der Waals surface area contributed by atoms with Gasteiger partial charge in [-0.25, -0.2) is 0 Å². The normalized spacial score (nSPS) is 11.7. The molecule has 4 heteroatoms. The first-order valence-corrected chi connectivity index (χ1v) is 6.27. The van der Waals surface area contributed by atoms with Gasteiger partial charge in [-0.1, -0.05) is 18.7 Å². The second-order valence-corrected chi connectivity index (χ2v) is 5.13. The molecule has 0 aromatic carbocycles. The van der Waals surface area contributed by atoms with Crippen molar-refractivity contribution in [1.29, 1.82) is 0 Å². The third kappa shape index (κ3) is 6.93. The van der Waals surface area contributed by atoms with Gasteiger partial charge in [0.05, 0.1) is 18.6 Å². The van der Waals surface area contributed by atoms with E-state index in [4.69, 9.17) is 9.47 Å². The van der Waals surface area contributed by atoms with Crippen LogP contribution in [0.2, 0.25) is 0 Å². The van der Waals surface area contributed by atoms with E-state index in [-0.39, 0.29) is 5.12 Å². The van der Waals surface area contributed by atoms with Gasteiger partial charge in [-0.2, -0.15) is 0 Å². The van der Waals surface area contributed by atoms with Gasteiger partial charge in [-0.05, 0) is 20.3 Å². The van der Waals surface area contributed by atoms with Crippen LogP contribution in [0.3, 0.4) is 0 Å². The monoisotopic (exact) mass is 234 g/mol. The van der Waals surface area contributed by atoms with Crippen molar-refractivity contribution >= 4 is 16.9 Å². The summed E-state index contributed by atoms with van der Waals surface area (Å²) in [5, 5.41) is 0.177. The lowest BCUT2D eigenvalue weighted by Gasteiger charge is -2.22. The van der Waals surface area contributed by atoms with E-state index in [9.17, 15) is 4.79 Å². The van der Waals surface area contributed by atoms with E-state index >= 15 is 0 Å². The number of methoxy groups -OCH3 is 1. The lowest BCUT2D eigenvalue weighted by Crippen LogP contribution is -2.28. The summed E-state index contributed by atoms with van der Waals surface area (Å²) >= 11 is 1.32. The molecule has 0 aromatic heterocycles. The van der Waals surface area contributed by atoms with Gasteiger partial charge < -0.3 is 9.47 Å². The van der Waals surface area contributed by atoms with Crippen LogP contribution in [-0.4, -0.2) is 37.8 Å². The van der Waals surface area contributed by atoms with E-state index in [1.54, 1.807) is 7.11 Å². The van der Waals surface area contributed by atoms with Gasteiger partial charge in [0, 0.05) is 19.5 Å². The minimum Gasteiger partial charge on any atom is -0.384 e. The van der Waals surface area contributed by atoms with Crippen molar-refractivity contribution in [2.45, 2.75) is 27.2 Å². The second kappa shape index (κ2) is 8.13. The van der Waals surface area contributed by atoms with Crippen molar-refractivity contribution in [2.75, 3.05) is 32.7 Å². The average Bonchev–Trinajstić information content (AvgIpc) is 2.18. The van der Waals surface area contributed by atoms with E-state index in [1.165, 1.54) is 11.8 Å². The average molecular weight is 234 g/mol. The molecular formula is C11H22O3S. The van der Waals surface area contributed by atoms with Crippen LogP contribution in [0.25, 0.3) is 0 Å². The third-order valence-electron chi connectivity index (χ3n) is 1.88. The molecule has 0 amide bonds. The Morgan fingerprint density at radius 2 is 2.00 bits per heavy atom. The van der Waals surface area contributed by atoms with Crippen molar-refractivity contribution in [1.82, 2.24) is 0 Å². The predicted molar refractivity (Wildman–Crippen MR) is 64.2 cm³/mol. The Morgan fingerprint density at radius 1 is 1.33 bits per heavy atom. The zero-order valence-corrected chi connectivity index (χ0v) is 11.0. The molecule has 0 N–H and O–H groups in total. The first-order valence-electron chi connectivity index (χ1n) is 5.28. The number of carbonyl (C=O) groups is 1. The summed E-state index contributed by atoms with van der Waals surface area (Å²) in [4.78, 5) is 11.8. The fraction of sp³-hybridized carbons (Fsp3) is 0.909. The standard InChI is InChI=1S/C11H22O3S/c1-5-6-14-9-11(2,3)10(12)15-8-7-13-4/h5-9H2,1-4H3. The molecule has 0 saturated carbocycles.